The van der Waals surface area contributed by atoms with E-state index in [0.29, 0.717) is 11.0 Å². The van der Waals surface area contributed by atoms with E-state index in [9.17, 15) is 4.79 Å². The van der Waals surface area contributed by atoms with Crippen LogP contribution in [0.3, 0.4) is 0 Å². The minimum absolute atomic E-state index is 0.0220. The van der Waals surface area contributed by atoms with Crippen LogP contribution in [0.15, 0.2) is 24.5 Å². The first-order chi connectivity index (χ1) is 8.60. The van der Waals surface area contributed by atoms with Crippen molar-refractivity contribution >= 4 is 34.1 Å². The Kier molecular flexibility index (Phi) is 3.77. The first kappa shape index (κ1) is 12.8. The van der Waals surface area contributed by atoms with Gasteiger partial charge in [-0.25, -0.2) is 9.97 Å². The SMILES string of the molecule is CCC(C)C(=O)Nc1cc2cnc(Cl)cc2cn1. The van der Waals surface area contributed by atoms with Gasteiger partial charge in [0.25, 0.3) is 0 Å². The molecule has 1 unspecified atom stereocenters. The molecule has 1 amide bonds. The standard InChI is InChI=1S/C13H14ClN3O/c1-3-8(2)13(18)17-12-5-10-6-15-11(14)4-9(10)7-16-12/h4-8H,3H2,1-2H3,(H,16,17,18). The number of amides is 1. The van der Waals surface area contributed by atoms with Crippen LogP contribution < -0.4 is 5.32 Å². The normalized spacial score (nSPS) is 12.4. The van der Waals surface area contributed by atoms with Crippen molar-refractivity contribution in [2.75, 3.05) is 5.32 Å². The van der Waals surface area contributed by atoms with Crippen LogP contribution >= 0.6 is 11.6 Å². The second-order valence-corrected chi connectivity index (χ2v) is 4.61. The third-order valence-corrected chi connectivity index (χ3v) is 3.09. The minimum atomic E-state index is -0.0224. The van der Waals surface area contributed by atoms with E-state index in [-0.39, 0.29) is 11.8 Å². The van der Waals surface area contributed by atoms with Crippen LogP contribution in [0, 0.1) is 5.92 Å². The highest BCUT2D eigenvalue weighted by atomic mass is 35.5. The predicted octanol–water partition coefficient (Wildman–Crippen LogP) is 3.27. The zero-order chi connectivity index (χ0) is 13.1. The monoisotopic (exact) mass is 263 g/mol. The molecule has 94 valence electrons. The van der Waals surface area contributed by atoms with Crippen LogP contribution in [0.2, 0.25) is 5.15 Å². The zero-order valence-corrected chi connectivity index (χ0v) is 11.0. The third kappa shape index (κ3) is 2.76. The lowest BCUT2D eigenvalue weighted by atomic mass is 10.1. The molecule has 2 heterocycles. The van der Waals surface area contributed by atoms with Gasteiger partial charge in [0.15, 0.2) is 0 Å². The highest BCUT2D eigenvalue weighted by Crippen LogP contribution is 2.19. The Labute approximate surface area is 110 Å². The molecule has 0 fully saturated rings. The van der Waals surface area contributed by atoms with E-state index in [4.69, 9.17) is 11.6 Å². The fourth-order valence-electron chi connectivity index (χ4n) is 1.51. The Morgan fingerprint density at radius 2 is 2.00 bits per heavy atom. The summed E-state index contributed by atoms with van der Waals surface area (Å²) in [6, 6.07) is 3.53. The van der Waals surface area contributed by atoms with Crippen molar-refractivity contribution in [1.29, 1.82) is 0 Å². The molecule has 1 N–H and O–H groups in total. The number of nitrogens with zero attached hydrogens (tertiary/aromatic N) is 2. The molecule has 0 aromatic carbocycles. The van der Waals surface area contributed by atoms with Gasteiger partial charge in [0.05, 0.1) is 0 Å². The van der Waals surface area contributed by atoms with Crippen molar-refractivity contribution in [2.24, 2.45) is 5.92 Å². The number of aromatic nitrogens is 2. The molecule has 0 aliphatic rings. The number of carbonyl (C=O) groups excluding carboxylic acids is 1. The Balaban J connectivity index is 2.25. The smallest absolute Gasteiger partial charge is 0.228 e. The van der Waals surface area contributed by atoms with Crippen molar-refractivity contribution < 1.29 is 4.79 Å². The van der Waals surface area contributed by atoms with E-state index in [1.54, 1.807) is 24.5 Å². The lowest BCUT2D eigenvalue weighted by Gasteiger charge is -2.09. The van der Waals surface area contributed by atoms with Gasteiger partial charge in [0.1, 0.15) is 11.0 Å². The molecule has 0 radical (unpaired) electrons. The van der Waals surface area contributed by atoms with Gasteiger partial charge in [-0.05, 0) is 18.6 Å². The molecular weight excluding hydrogens is 250 g/mol. The molecule has 1 atom stereocenters. The Morgan fingerprint density at radius 1 is 1.33 bits per heavy atom. The Hall–Kier alpha value is -1.68. The van der Waals surface area contributed by atoms with Gasteiger partial charge in [-0.3, -0.25) is 4.79 Å². The van der Waals surface area contributed by atoms with Gasteiger partial charge in [0, 0.05) is 29.1 Å². The maximum Gasteiger partial charge on any atom is 0.228 e. The van der Waals surface area contributed by atoms with Crippen molar-refractivity contribution in [3.8, 4) is 0 Å². The van der Waals surface area contributed by atoms with E-state index in [1.165, 1.54) is 0 Å². The molecule has 2 aromatic rings. The maximum atomic E-state index is 11.7. The summed E-state index contributed by atoms with van der Waals surface area (Å²) >= 11 is 5.79. The number of carbonyl (C=O) groups is 1. The summed E-state index contributed by atoms with van der Waals surface area (Å²) in [5, 5.41) is 5.02. The minimum Gasteiger partial charge on any atom is -0.310 e. The average molecular weight is 264 g/mol. The number of anilines is 1. The van der Waals surface area contributed by atoms with E-state index >= 15 is 0 Å². The van der Waals surface area contributed by atoms with Crippen LogP contribution in [-0.2, 0) is 4.79 Å². The van der Waals surface area contributed by atoms with Crippen LogP contribution in [-0.4, -0.2) is 15.9 Å². The number of hydrogen-bond acceptors (Lipinski definition) is 3. The van der Waals surface area contributed by atoms with E-state index < -0.39 is 0 Å². The predicted molar refractivity (Wildman–Crippen MR) is 72.6 cm³/mol. The molecule has 0 aliphatic carbocycles. The van der Waals surface area contributed by atoms with Gasteiger partial charge in [-0.2, -0.15) is 0 Å². The number of hydrogen-bond donors (Lipinski definition) is 1. The van der Waals surface area contributed by atoms with E-state index in [2.05, 4.69) is 15.3 Å². The first-order valence-electron chi connectivity index (χ1n) is 5.82. The van der Waals surface area contributed by atoms with E-state index in [0.717, 1.165) is 17.2 Å². The van der Waals surface area contributed by atoms with Crippen LogP contribution in [0.4, 0.5) is 5.82 Å². The van der Waals surface area contributed by atoms with Gasteiger partial charge in [0.2, 0.25) is 5.91 Å². The van der Waals surface area contributed by atoms with Crippen molar-refractivity contribution in [2.45, 2.75) is 20.3 Å². The van der Waals surface area contributed by atoms with Gasteiger partial charge < -0.3 is 5.32 Å². The van der Waals surface area contributed by atoms with Crippen molar-refractivity contribution in [3.63, 3.8) is 0 Å². The summed E-state index contributed by atoms with van der Waals surface area (Å²) in [5.41, 5.74) is 0. The first-order valence-corrected chi connectivity index (χ1v) is 6.20. The third-order valence-electron chi connectivity index (χ3n) is 2.88. The largest absolute Gasteiger partial charge is 0.310 e. The second-order valence-electron chi connectivity index (χ2n) is 4.22. The molecular formula is C13H14ClN3O. The molecule has 0 saturated carbocycles. The highest BCUT2D eigenvalue weighted by Gasteiger charge is 2.11. The van der Waals surface area contributed by atoms with Crippen LogP contribution in [0.1, 0.15) is 20.3 Å². The van der Waals surface area contributed by atoms with Gasteiger partial charge in [-0.15, -0.1) is 0 Å². The average Bonchev–Trinajstić information content (AvgIpc) is 2.38. The number of halogens is 1. The summed E-state index contributed by atoms with van der Waals surface area (Å²) in [4.78, 5) is 19.9. The summed E-state index contributed by atoms with van der Waals surface area (Å²) in [7, 11) is 0. The molecule has 4 nitrogen and oxygen atoms in total. The maximum absolute atomic E-state index is 11.7. The number of pyridine rings is 2. The summed E-state index contributed by atoms with van der Waals surface area (Å²) in [6.07, 6.45) is 4.14. The molecule has 0 spiro atoms. The highest BCUT2D eigenvalue weighted by molar-refractivity contribution is 6.30. The van der Waals surface area contributed by atoms with Crippen molar-refractivity contribution in [1.82, 2.24) is 9.97 Å². The molecule has 5 heteroatoms. The number of rotatable bonds is 3. The molecule has 0 saturated heterocycles. The van der Waals surface area contributed by atoms with E-state index in [1.807, 2.05) is 13.8 Å². The molecule has 0 aliphatic heterocycles. The summed E-state index contributed by atoms with van der Waals surface area (Å²) in [6.45, 7) is 3.86. The number of nitrogens with one attached hydrogen (secondary N) is 1. The molecule has 2 aromatic heterocycles. The lowest BCUT2D eigenvalue weighted by molar-refractivity contribution is -0.119. The van der Waals surface area contributed by atoms with Crippen LogP contribution in [0.25, 0.3) is 10.8 Å². The molecule has 2 rings (SSSR count). The summed E-state index contributed by atoms with van der Waals surface area (Å²) < 4.78 is 0. The Morgan fingerprint density at radius 3 is 2.72 bits per heavy atom. The second kappa shape index (κ2) is 5.31. The topological polar surface area (TPSA) is 54.9 Å². The Bertz CT molecular complexity index is 585. The van der Waals surface area contributed by atoms with Crippen molar-refractivity contribution in [3.05, 3.63) is 29.7 Å². The zero-order valence-electron chi connectivity index (χ0n) is 10.3. The van der Waals surface area contributed by atoms with Gasteiger partial charge in [-0.1, -0.05) is 25.4 Å². The molecule has 18 heavy (non-hydrogen) atoms. The lowest BCUT2D eigenvalue weighted by Crippen LogP contribution is -2.20. The fourth-order valence-corrected chi connectivity index (χ4v) is 1.68. The van der Waals surface area contributed by atoms with Crippen LogP contribution in [0.5, 0.6) is 0 Å². The summed E-state index contributed by atoms with van der Waals surface area (Å²) in [5.74, 6) is 0.494. The number of fused-ring (bicyclic) bond motifs is 1. The quantitative estimate of drug-likeness (QED) is 0.865. The molecule has 0 bridgehead atoms. The van der Waals surface area contributed by atoms with Gasteiger partial charge >= 0.3 is 0 Å². The fraction of sp³-hybridized carbons (Fsp3) is 0.308.